The van der Waals surface area contributed by atoms with E-state index in [0.717, 1.165) is 11.1 Å². The lowest BCUT2D eigenvalue weighted by atomic mass is 9.95. The predicted molar refractivity (Wildman–Crippen MR) is 197 cm³/mol. The molecule has 0 aliphatic rings. The van der Waals surface area contributed by atoms with Gasteiger partial charge in [-0.1, -0.05) is 30.3 Å². The fourth-order valence-corrected chi connectivity index (χ4v) is 4.99. The highest BCUT2D eigenvalue weighted by molar-refractivity contribution is 5.94. The number of carboxylic acids is 1. The molecule has 0 aliphatic heterocycles. The summed E-state index contributed by atoms with van der Waals surface area (Å²) in [7, 11) is 0. The van der Waals surface area contributed by atoms with Crippen LogP contribution in [0.2, 0.25) is 0 Å². The Kier molecular flexibility index (Phi) is 23.5. The summed E-state index contributed by atoms with van der Waals surface area (Å²) in [6, 6.07) is 7.51. The number of halogens is 3. The van der Waals surface area contributed by atoms with Gasteiger partial charge in [0.25, 0.3) is 0 Å². The minimum absolute atomic E-state index is 0. The Morgan fingerprint density at radius 3 is 1.88 bits per heavy atom. The lowest BCUT2D eigenvalue weighted by Crippen LogP contribution is -2.57. The smallest absolute Gasteiger partial charge is 0.326 e. The molecule has 14 nitrogen and oxygen atoms in total. The number of aliphatic imine (C=N–C) groups is 1. The van der Waals surface area contributed by atoms with Gasteiger partial charge in [-0.15, -0.1) is 37.2 Å². The number of nitrogens with one attached hydrogen (secondary N) is 3. The van der Waals surface area contributed by atoms with Crippen molar-refractivity contribution in [2.45, 2.75) is 83.0 Å². The number of hydrogen-bond acceptors (Lipinski definition) is 8. The molecule has 0 aliphatic carbocycles. The van der Waals surface area contributed by atoms with Gasteiger partial charge in [-0.3, -0.25) is 19.4 Å². The van der Waals surface area contributed by atoms with Gasteiger partial charge >= 0.3 is 5.97 Å². The largest absolute Gasteiger partial charge is 0.508 e. The summed E-state index contributed by atoms with van der Waals surface area (Å²) in [6.07, 6.45) is 2.01. The highest BCUT2D eigenvalue weighted by Gasteiger charge is 2.31. The lowest BCUT2D eigenvalue weighted by Gasteiger charge is -2.26. The average molecular weight is 750 g/mol. The fraction of sp³-hybridized carbons (Fsp3) is 0.469. The van der Waals surface area contributed by atoms with Gasteiger partial charge in [-0.2, -0.15) is 0 Å². The number of aromatic hydroxyl groups is 1. The Morgan fingerprint density at radius 2 is 1.33 bits per heavy atom. The zero-order chi connectivity index (χ0) is 34.2. The number of carboxylic acid groups (broad SMARTS) is 1. The van der Waals surface area contributed by atoms with E-state index in [1.54, 1.807) is 56.3 Å². The molecule has 13 N–H and O–H groups in total. The molecule has 0 saturated carbocycles. The molecule has 4 atom stereocenters. The summed E-state index contributed by atoms with van der Waals surface area (Å²) >= 11 is 0. The van der Waals surface area contributed by atoms with Crippen LogP contribution >= 0.6 is 37.2 Å². The Balaban J connectivity index is 0. The van der Waals surface area contributed by atoms with Gasteiger partial charge in [0.15, 0.2) is 5.96 Å². The van der Waals surface area contributed by atoms with Crippen molar-refractivity contribution in [1.82, 2.24) is 16.0 Å². The van der Waals surface area contributed by atoms with Gasteiger partial charge in [-0.05, 0) is 86.9 Å². The van der Waals surface area contributed by atoms with Crippen LogP contribution in [0.3, 0.4) is 0 Å². The monoisotopic (exact) mass is 748 g/mol. The first-order valence-electron chi connectivity index (χ1n) is 15.3. The number of carbonyl (C=O) groups is 4. The Hall–Kier alpha value is -3.82. The lowest BCUT2D eigenvalue weighted by molar-refractivity contribution is -0.142. The minimum atomic E-state index is -1.24. The van der Waals surface area contributed by atoms with Crippen LogP contribution in [0.25, 0.3) is 0 Å². The quantitative estimate of drug-likeness (QED) is 0.0561. The van der Waals surface area contributed by atoms with E-state index >= 15 is 0 Å². The molecule has 0 heterocycles. The molecule has 3 amide bonds. The molecule has 2 aromatic carbocycles. The standard InChI is InChI=1S/C32H48N8O6.3ClH/c1-19-15-22(41)16-20(2)23(19)18-26(39-28(42)24(34)11-8-14-37-32(35)36)30(44)38-25(12-6-7-13-33)29(43)40-27(31(45)46)17-21-9-4-3-5-10-21;;;/h3-5,9-10,15-16,24-27,41H,6-8,11-14,17-18,33-34H2,1-2H3,(H,38,44)(H,39,42)(H,40,43)(H,45,46)(H4,35,36,37);3*1H/t24-,25+,26+,27+;;;/m1.../s1. The first-order valence-corrected chi connectivity index (χ1v) is 15.3. The average Bonchev–Trinajstić information content (AvgIpc) is 2.99. The molecule has 0 fully saturated rings. The summed E-state index contributed by atoms with van der Waals surface area (Å²) in [6.45, 7) is 4.19. The third-order valence-corrected chi connectivity index (χ3v) is 7.50. The van der Waals surface area contributed by atoms with Crippen LogP contribution in [0.1, 0.15) is 54.4 Å². The number of aryl methyl sites for hydroxylation is 2. The maximum atomic E-state index is 13.8. The maximum absolute atomic E-state index is 13.8. The molecule has 2 rings (SSSR count). The SMILES string of the molecule is Cc1cc(O)cc(C)c1C[C@H](NC(=O)[C@H](N)CCCN=C(N)N)C(=O)N[C@@H](CCCCN)C(=O)N[C@@H](Cc1ccccc1)C(=O)O.Cl.Cl.Cl. The van der Waals surface area contributed by atoms with Gasteiger partial charge < -0.3 is 49.1 Å². The molecule has 0 saturated heterocycles. The van der Waals surface area contributed by atoms with E-state index in [0.29, 0.717) is 36.9 Å². The van der Waals surface area contributed by atoms with Crippen molar-refractivity contribution in [3.63, 3.8) is 0 Å². The molecule has 0 bridgehead atoms. The van der Waals surface area contributed by atoms with Gasteiger partial charge in [0, 0.05) is 19.4 Å². The van der Waals surface area contributed by atoms with Crippen molar-refractivity contribution >= 4 is 66.9 Å². The summed E-state index contributed by atoms with van der Waals surface area (Å²) in [5, 5.41) is 27.8. The zero-order valence-electron chi connectivity index (χ0n) is 27.7. The third-order valence-electron chi connectivity index (χ3n) is 7.50. The Morgan fingerprint density at radius 1 is 0.776 bits per heavy atom. The van der Waals surface area contributed by atoms with E-state index in [2.05, 4.69) is 20.9 Å². The van der Waals surface area contributed by atoms with Gasteiger partial charge in [0.2, 0.25) is 17.7 Å². The van der Waals surface area contributed by atoms with Crippen molar-refractivity contribution in [1.29, 1.82) is 0 Å². The van der Waals surface area contributed by atoms with Crippen molar-refractivity contribution in [2.75, 3.05) is 13.1 Å². The van der Waals surface area contributed by atoms with Crippen molar-refractivity contribution < 1.29 is 29.4 Å². The molecule has 49 heavy (non-hydrogen) atoms. The molecule has 0 radical (unpaired) electrons. The first kappa shape index (κ1) is 47.3. The minimum Gasteiger partial charge on any atom is -0.508 e. The second-order valence-corrected chi connectivity index (χ2v) is 11.3. The highest BCUT2D eigenvalue weighted by atomic mass is 35.5. The molecular formula is C32H51Cl3N8O6. The van der Waals surface area contributed by atoms with Gasteiger partial charge in [0.1, 0.15) is 23.9 Å². The van der Waals surface area contributed by atoms with E-state index in [9.17, 15) is 29.4 Å². The van der Waals surface area contributed by atoms with E-state index in [1.807, 2.05) is 0 Å². The number of aliphatic carboxylic acids is 1. The maximum Gasteiger partial charge on any atom is 0.326 e. The number of benzene rings is 2. The van der Waals surface area contributed by atoms with E-state index in [-0.39, 0.29) is 81.2 Å². The molecule has 17 heteroatoms. The number of nitrogens with two attached hydrogens (primary N) is 4. The molecule has 0 spiro atoms. The summed E-state index contributed by atoms with van der Waals surface area (Å²) in [5.41, 5.74) is 25.3. The topological polar surface area (TPSA) is 261 Å². The number of nitrogens with zero attached hydrogens (tertiary/aromatic N) is 1. The van der Waals surface area contributed by atoms with Crippen LogP contribution in [-0.2, 0) is 32.0 Å². The first-order chi connectivity index (χ1) is 21.8. The molecule has 276 valence electrons. The van der Waals surface area contributed by atoms with Crippen LogP contribution in [0.4, 0.5) is 0 Å². The number of hydrogen-bond donors (Lipinski definition) is 9. The van der Waals surface area contributed by atoms with Crippen LogP contribution in [0, 0.1) is 13.8 Å². The molecule has 0 unspecified atom stereocenters. The molecule has 2 aromatic rings. The second kappa shape index (κ2) is 24.3. The van der Waals surface area contributed by atoms with Crippen LogP contribution < -0.4 is 38.9 Å². The number of amides is 3. The summed E-state index contributed by atoms with van der Waals surface area (Å²) < 4.78 is 0. The third kappa shape index (κ3) is 16.9. The van der Waals surface area contributed by atoms with E-state index < -0.39 is 47.9 Å². The van der Waals surface area contributed by atoms with E-state index in [4.69, 9.17) is 22.9 Å². The summed E-state index contributed by atoms with van der Waals surface area (Å²) in [5.74, 6) is -3.15. The number of guanidine groups is 1. The van der Waals surface area contributed by atoms with E-state index in [1.165, 1.54) is 0 Å². The van der Waals surface area contributed by atoms with Gasteiger partial charge in [0.05, 0.1) is 6.04 Å². The van der Waals surface area contributed by atoms with Crippen LogP contribution in [0.5, 0.6) is 5.75 Å². The number of phenolic OH excluding ortho intramolecular Hbond substituents is 1. The number of rotatable bonds is 19. The number of unbranched alkanes of at least 4 members (excludes halogenated alkanes) is 1. The van der Waals surface area contributed by atoms with Crippen molar-refractivity contribution in [3.8, 4) is 5.75 Å². The number of phenols is 1. The van der Waals surface area contributed by atoms with Crippen LogP contribution in [0.15, 0.2) is 47.5 Å². The fourth-order valence-electron chi connectivity index (χ4n) is 4.99. The van der Waals surface area contributed by atoms with Gasteiger partial charge in [-0.25, -0.2) is 4.79 Å². The van der Waals surface area contributed by atoms with Crippen molar-refractivity contribution in [2.24, 2.45) is 27.9 Å². The highest BCUT2D eigenvalue weighted by Crippen LogP contribution is 2.22. The number of carbonyl (C=O) groups excluding carboxylic acids is 3. The zero-order valence-corrected chi connectivity index (χ0v) is 30.2. The second-order valence-electron chi connectivity index (χ2n) is 11.3. The Labute approximate surface area is 305 Å². The summed E-state index contributed by atoms with van der Waals surface area (Å²) in [4.78, 5) is 56.3. The van der Waals surface area contributed by atoms with Crippen molar-refractivity contribution in [3.05, 3.63) is 64.7 Å². The Bertz CT molecular complexity index is 1340. The molecule has 0 aromatic heterocycles. The van der Waals surface area contributed by atoms with Crippen LogP contribution in [-0.4, -0.2) is 77.1 Å². The normalized spacial score (nSPS) is 12.7. The molecular weight excluding hydrogens is 699 g/mol. The predicted octanol–water partition coefficient (Wildman–Crippen LogP) is 1.11.